The third-order valence-corrected chi connectivity index (χ3v) is 5.95. The van der Waals surface area contributed by atoms with E-state index in [0.717, 1.165) is 13.0 Å². The molecule has 0 atom stereocenters. The van der Waals surface area contributed by atoms with Crippen molar-refractivity contribution < 1.29 is 18.0 Å². The monoisotopic (exact) mass is 443 g/mol. The van der Waals surface area contributed by atoms with Crippen LogP contribution in [-0.4, -0.2) is 51.2 Å². The van der Waals surface area contributed by atoms with E-state index in [0.29, 0.717) is 23.6 Å². The molecule has 2 aromatic rings. The van der Waals surface area contributed by atoms with Crippen molar-refractivity contribution in [3.63, 3.8) is 0 Å². The lowest BCUT2D eigenvalue weighted by Crippen LogP contribution is -2.31. The highest BCUT2D eigenvalue weighted by molar-refractivity contribution is 7.90. The number of anilines is 2. The molecule has 1 heterocycles. The van der Waals surface area contributed by atoms with E-state index in [2.05, 4.69) is 20.3 Å². The minimum Gasteiger partial charge on any atom is -0.362 e. The molecule has 31 heavy (non-hydrogen) atoms. The highest BCUT2D eigenvalue weighted by Gasteiger charge is 2.20. The lowest BCUT2D eigenvalue weighted by Gasteiger charge is -2.11. The predicted molar refractivity (Wildman–Crippen MR) is 120 cm³/mol. The Morgan fingerprint density at radius 3 is 2.48 bits per heavy atom. The number of rotatable bonds is 7. The molecule has 3 N–H and O–H groups in total. The highest BCUT2D eigenvalue weighted by atomic mass is 32.2. The molecule has 2 aromatic carbocycles. The van der Waals surface area contributed by atoms with Gasteiger partial charge in [0.15, 0.2) is 0 Å². The van der Waals surface area contributed by atoms with Crippen LogP contribution >= 0.6 is 0 Å². The molecule has 0 aliphatic carbocycles. The molecule has 0 spiro atoms. The summed E-state index contributed by atoms with van der Waals surface area (Å²) in [6, 6.07) is 14.5. The molecule has 0 radical (unpaired) electrons. The number of nitrogens with zero attached hydrogens (tertiary/aromatic N) is 2. The van der Waals surface area contributed by atoms with Crippen molar-refractivity contribution in [3.8, 4) is 0 Å². The molecule has 1 fully saturated rings. The van der Waals surface area contributed by atoms with E-state index in [-0.39, 0.29) is 23.8 Å². The third-order valence-electron chi connectivity index (χ3n) is 4.65. The second-order valence-corrected chi connectivity index (χ2v) is 8.68. The van der Waals surface area contributed by atoms with Gasteiger partial charge in [-0.2, -0.15) is 8.42 Å². The van der Waals surface area contributed by atoms with E-state index < -0.39 is 16.1 Å². The van der Waals surface area contributed by atoms with Crippen molar-refractivity contribution in [1.29, 1.82) is 0 Å². The van der Waals surface area contributed by atoms with Crippen molar-refractivity contribution in [2.45, 2.75) is 24.2 Å². The molecule has 0 saturated carbocycles. The number of likely N-dealkylation sites (tertiary alicyclic amines) is 1. The Hall–Kier alpha value is -3.40. The lowest BCUT2D eigenvalue weighted by molar-refractivity contribution is -0.116. The van der Waals surface area contributed by atoms with Gasteiger partial charge >= 0.3 is 6.03 Å². The molecule has 3 amide bonds. The highest BCUT2D eigenvalue weighted by Crippen LogP contribution is 2.20. The van der Waals surface area contributed by atoms with E-state index in [1.165, 1.54) is 12.1 Å². The van der Waals surface area contributed by atoms with E-state index >= 15 is 0 Å². The van der Waals surface area contributed by atoms with Crippen molar-refractivity contribution >= 4 is 39.2 Å². The van der Waals surface area contributed by atoms with E-state index in [4.69, 9.17) is 0 Å². The summed E-state index contributed by atoms with van der Waals surface area (Å²) in [6.45, 7) is 0.907. The summed E-state index contributed by atoms with van der Waals surface area (Å²) in [7, 11) is -2.05. The topological polar surface area (TPSA) is 120 Å². The second kappa shape index (κ2) is 10.1. The molecule has 3 rings (SSSR count). The van der Waals surface area contributed by atoms with Crippen LogP contribution < -0.4 is 16.0 Å². The number of hydrogen-bond donors (Lipinski definition) is 3. The maximum atomic E-state index is 12.6. The van der Waals surface area contributed by atoms with Crippen LogP contribution in [0.15, 0.2) is 63.9 Å². The van der Waals surface area contributed by atoms with Crippen molar-refractivity contribution in [2.24, 2.45) is 4.40 Å². The second-order valence-electron chi connectivity index (χ2n) is 7.08. The van der Waals surface area contributed by atoms with Gasteiger partial charge in [-0.3, -0.25) is 4.79 Å². The van der Waals surface area contributed by atoms with Crippen LogP contribution in [0.4, 0.5) is 16.2 Å². The van der Waals surface area contributed by atoms with Crippen LogP contribution in [0.3, 0.4) is 0 Å². The summed E-state index contributed by atoms with van der Waals surface area (Å²) in [5, 5.41) is 7.90. The van der Waals surface area contributed by atoms with Crippen molar-refractivity contribution in [3.05, 3.63) is 54.6 Å². The SMILES string of the molecule is CN1CCC/C1=N\S(=O)(=O)c1cccc(NC(=O)CCNC(=O)Nc2ccccc2)c1. The molecular formula is C21H25N5O4S. The Kier molecular flexibility index (Phi) is 7.24. The van der Waals surface area contributed by atoms with Gasteiger partial charge in [0, 0.05) is 44.4 Å². The first-order valence-corrected chi connectivity index (χ1v) is 11.3. The lowest BCUT2D eigenvalue weighted by atomic mass is 10.3. The zero-order chi connectivity index (χ0) is 22.3. The van der Waals surface area contributed by atoms with E-state index in [1.54, 1.807) is 36.4 Å². The Balaban J connectivity index is 1.52. The van der Waals surface area contributed by atoms with Gasteiger partial charge in [-0.1, -0.05) is 24.3 Å². The Bertz CT molecular complexity index is 1070. The number of carbonyl (C=O) groups excluding carboxylic acids is 2. The molecule has 10 heteroatoms. The quantitative estimate of drug-likeness (QED) is 0.608. The first kappa shape index (κ1) is 22.3. The molecular weight excluding hydrogens is 418 g/mol. The smallest absolute Gasteiger partial charge is 0.319 e. The summed E-state index contributed by atoms with van der Waals surface area (Å²) >= 11 is 0. The number of amides is 3. The molecule has 1 aliphatic rings. The van der Waals surface area contributed by atoms with Gasteiger partial charge < -0.3 is 20.9 Å². The van der Waals surface area contributed by atoms with Gasteiger partial charge in [0.1, 0.15) is 5.84 Å². The standard InChI is InChI=1S/C21H25N5O4S/c1-26-14-6-11-19(26)25-31(29,30)18-10-5-9-17(15-18)23-20(27)12-13-22-21(28)24-16-7-3-2-4-8-16/h2-5,7-10,15H,6,11-14H2,1H3,(H,23,27)(H2,22,24,28)/b25-19+. The third kappa shape index (κ3) is 6.54. The first-order chi connectivity index (χ1) is 14.8. The first-order valence-electron chi connectivity index (χ1n) is 9.88. The molecule has 0 unspecified atom stereocenters. The number of benzene rings is 2. The fraction of sp³-hybridized carbons (Fsp3) is 0.286. The minimum absolute atomic E-state index is 0.0125. The average Bonchev–Trinajstić information content (AvgIpc) is 3.12. The fourth-order valence-electron chi connectivity index (χ4n) is 3.05. The summed E-state index contributed by atoms with van der Waals surface area (Å²) in [4.78, 5) is 25.8. The van der Waals surface area contributed by atoms with E-state index in [1.807, 2.05) is 18.0 Å². The summed E-state index contributed by atoms with van der Waals surface area (Å²) in [5.74, 6) is 0.186. The van der Waals surface area contributed by atoms with Gasteiger partial charge in [-0.15, -0.1) is 4.40 Å². The normalized spacial score (nSPS) is 15.0. The number of para-hydroxylation sites is 1. The van der Waals surface area contributed by atoms with Crippen LogP contribution in [0.1, 0.15) is 19.3 Å². The predicted octanol–water partition coefficient (Wildman–Crippen LogP) is 2.65. The maximum absolute atomic E-state index is 12.6. The fourth-order valence-corrected chi connectivity index (χ4v) is 4.19. The van der Waals surface area contributed by atoms with Gasteiger partial charge in [0.05, 0.1) is 4.90 Å². The van der Waals surface area contributed by atoms with Crippen LogP contribution in [0.2, 0.25) is 0 Å². The summed E-state index contributed by atoms with van der Waals surface area (Å²) in [5.41, 5.74) is 0.995. The van der Waals surface area contributed by atoms with Gasteiger partial charge in [0.2, 0.25) is 5.91 Å². The van der Waals surface area contributed by atoms with Crippen LogP contribution in [0.5, 0.6) is 0 Å². The number of sulfonamides is 1. The molecule has 1 aliphatic heterocycles. The summed E-state index contributed by atoms with van der Waals surface area (Å²) in [6.07, 6.45) is 1.53. The molecule has 9 nitrogen and oxygen atoms in total. The zero-order valence-electron chi connectivity index (χ0n) is 17.2. The van der Waals surface area contributed by atoms with Crippen molar-refractivity contribution in [2.75, 3.05) is 30.8 Å². The minimum atomic E-state index is -3.86. The number of carbonyl (C=O) groups is 2. The van der Waals surface area contributed by atoms with Crippen LogP contribution in [0, 0.1) is 0 Å². The average molecular weight is 444 g/mol. The van der Waals surface area contributed by atoms with Crippen LogP contribution in [-0.2, 0) is 14.8 Å². The Morgan fingerprint density at radius 1 is 1.03 bits per heavy atom. The molecule has 0 aromatic heterocycles. The largest absolute Gasteiger partial charge is 0.362 e. The van der Waals surface area contributed by atoms with Gasteiger partial charge in [0.25, 0.3) is 10.0 Å². The van der Waals surface area contributed by atoms with E-state index in [9.17, 15) is 18.0 Å². The number of amidine groups is 1. The zero-order valence-corrected chi connectivity index (χ0v) is 18.0. The molecule has 0 bridgehead atoms. The maximum Gasteiger partial charge on any atom is 0.319 e. The van der Waals surface area contributed by atoms with Gasteiger partial charge in [-0.05, 0) is 36.8 Å². The Morgan fingerprint density at radius 2 is 1.77 bits per heavy atom. The summed E-state index contributed by atoms with van der Waals surface area (Å²) < 4.78 is 29.1. The number of hydrogen-bond acceptors (Lipinski definition) is 4. The van der Waals surface area contributed by atoms with Gasteiger partial charge in [-0.25, -0.2) is 4.79 Å². The number of urea groups is 1. The van der Waals surface area contributed by atoms with Crippen molar-refractivity contribution in [1.82, 2.24) is 10.2 Å². The molecule has 164 valence electrons. The van der Waals surface area contributed by atoms with Crippen LogP contribution in [0.25, 0.3) is 0 Å². The Labute approximate surface area is 181 Å². The number of nitrogens with one attached hydrogen (secondary N) is 3. The molecule has 1 saturated heterocycles.